The highest BCUT2D eigenvalue weighted by molar-refractivity contribution is 6.06. The number of aromatic nitrogens is 1. The van der Waals surface area contributed by atoms with E-state index >= 15 is 0 Å². The Labute approximate surface area is 148 Å². The highest BCUT2D eigenvalue weighted by atomic mass is 16.4. The number of carbonyl (C=O) groups excluding carboxylic acids is 1. The average molecular weight is 342 g/mol. The van der Waals surface area contributed by atoms with E-state index in [2.05, 4.69) is 17.2 Å². The molecule has 0 saturated carbocycles. The van der Waals surface area contributed by atoms with Crippen LogP contribution in [0.1, 0.15) is 62.2 Å². The van der Waals surface area contributed by atoms with Crippen molar-refractivity contribution in [1.29, 1.82) is 0 Å². The zero-order valence-electron chi connectivity index (χ0n) is 14.7. The van der Waals surface area contributed by atoms with Crippen molar-refractivity contribution in [2.75, 3.05) is 0 Å². The van der Waals surface area contributed by atoms with Crippen LogP contribution in [0.5, 0.6) is 0 Å². The first-order valence-corrected chi connectivity index (χ1v) is 9.01. The highest BCUT2D eigenvalue weighted by Gasteiger charge is 2.21. The van der Waals surface area contributed by atoms with Crippen LogP contribution in [-0.4, -0.2) is 28.0 Å². The molecule has 0 bridgehead atoms. The monoisotopic (exact) mass is 342 g/mol. The summed E-state index contributed by atoms with van der Waals surface area (Å²) < 4.78 is 0. The summed E-state index contributed by atoms with van der Waals surface area (Å²) in [6, 6.07) is 8.16. The van der Waals surface area contributed by atoms with Gasteiger partial charge < -0.3 is 10.4 Å². The summed E-state index contributed by atoms with van der Waals surface area (Å²) in [5.41, 5.74) is 0.999. The number of hydrogen-bond donors (Lipinski definition) is 2. The van der Waals surface area contributed by atoms with Crippen LogP contribution in [0, 0.1) is 0 Å². The second-order valence-corrected chi connectivity index (χ2v) is 6.30. The number of benzene rings is 1. The van der Waals surface area contributed by atoms with Crippen molar-refractivity contribution >= 4 is 22.8 Å². The molecular formula is C20H26N2O3. The molecule has 1 aromatic heterocycles. The number of hydrogen-bond acceptors (Lipinski definition) is 3. The summed E-state index contributed by atoms with van der Waals surface area (Å²) in [7, 11) is 0. The van der Waals surface area contributed by atoms with Gasteiger partial charge in [-0.05, 0) is 18.6 Å². The fraction of sp³-hybridized carbons (Fsp3) is 0.450. The zero-order valence-corrected chi connectivity index (χ0v) is 14.7. The lowest BCUT2D eigenvalue weighted by Crippen LogP contribution is -2.40. The van der Waals surface area contributed by atoms with Gasteiger partial charge in [-0.25, -0.2) is 4.79 Å². The zero-order chi connectivity index (χ0) is 18.1. The maximum atomic E-state index is 12.5. The Bertz CT molecular complexity index is 710. The number of para-hydroxylation sites is 1. The third-order valence-corrected chi connectivity index (χ3v) is 4.33. The van der Waals surface area contributed by atoms with Gasteiger partial charge in [0.15, 0.2) is 0 Å². The number of nitrogens with zero attached hydrogens (tertiary/aromatic N) is 1. The quantitative estimate of drug-likeness (QED) is 0.635. The van der Waals surface area contributed by atoms with Crippen molar-refractivity contribution in [2.24, 2.45) is 0 Å². The second kappa shape index (κ2) is 9.77. The van der Waals surface area contributed by atoms with Gasteiger partial charge >= 0.3 is 5.97 Å². The minimum absolute atomic E-state index is 0.386. The van der Waals surface area contributed by atoms with E-state index in [4.69, 9.17) is 0 Å². The number of nitrogens with one attached hydrogen (secondary N) is 1. The van der Waals surface area contributed by atoms with Crippen LogP contribution >= 0.6 is 0 Å². The molecule has 1 heterocycles. The summed E-state index contributed by atoms with van der Waals surface area (Å²) >= 11 is 0. The Hall–Kier alpha value is -2.43. The molecule has 2 N–H and O–H groups in total. The Balaban J connectivity index is 1.96. The number of carboxylic acids is 1. The van der Waals surface area contributed by atoms with Gasteiger partial charge in [0.05, 0.1) is 11.1 Å². The molecule has 25 heavy (non-hydrogen) atoms. The first-order valence-electron chi connectivity index (χ1n) is 9.01. The van der Waals surface area contributed by atoms with E-state index in [0.717, 1.165) is 24.6 Å². The van der Waals surface area contributed by atoms with Crippen LogP contribution < -0.4 is 5.32 Å². The van der Waals surface area contributed by atoms with Crippen molar-refractivity contribution < 1.29 is 14.7 Å². The molecule has 0 radical (unpaired) electrons. The predicted molar refractivity (Wildman–Crippen MR) is 98.6 cm³/mol. The van der Waals surface area contributed by atoms with E-state index in [9.17, 15) is 14.7 Å². The summed E-state index contributed by atoms with van der Waals surface area (Å²) in [5, 5.41) is 12.9. The molecule has 0 spiro atoms. The number of aliphatic carboxylic acids is 1. The summed E-state index contributed by atoms with van der Waals surface area (Å²) in [4.78, 5) is 28.2. The molecule has 5 nitrogen and oxygen atoms in total. The maximum Gasteiger partial charge on any atom is 0.326 e. The van der Waals surface area contributed by atoms with Gasteiger partial charge in [0.2, 0.25) is 0 Å². The largest absolute Gasteiger partial charge is 0.480 e. The molecule has 0 unspecified atom stereocenters. The van der Waals surface area contributed by atoms with Gasteiger partial charge in [0, 0.05) is 11.6 Å². The Morgan fingerprint density at radius 3 is 2.56 bits per heavy atom. The smallest absolute Gasteiger partial charge is 0.326 e. The molecular weight excluding hydrogens is 316 g/mol. The van der Waals surface area contributed by atoms with E-state index in [-0.39, 0.29) is 5.91 Å². The lowest BCUT2D eigenvalue weighted by Gasteiger charge is -2.15. The Morgan fingerprint density at radius 2 is 1.80 bits per heavy atom. The normalized spacial score (nSPS) is 12.0. The second-order valence-electron chi connectivity index (χ2n) is 6.30. The third kappa shape index (κ3) is 5.55. The standard InChI is InChI=1S/C20H26N2O3/c1-2-3-4-5-6-7-13-17(20(24)25)22-19(23)16-12-8-10-15-11-9-14-21-18(15)16/h8-12,14,17H,2-7,13H2,1H3,(H,22,23)(H,24,25)/t17-/m1/s1. The van der Waals surface area contributed by atoms with Crippen molar-refractivity contribution in [3.8, 4) is 0 Å². The van der Waals surface area contributed by atoms with Gasteiger partial charge in [0.1, 0.15) is 6.04 Å². The van der Waals surface area contributed by atoms with E-state index in [1.165, 1.54) is 19.3 Å². The van der Waals surface area contributed by atoms with Crippen LogP contribution in [0.25, 0.3) is 10.9 Å². The minimum Gasteiger partial charge on any atom is -0.480 e. The molecule has 1 aromatic carbocycles. The highest BCUT2D eigenvalue weighted by Crippen LogP contribution is 2.16. The van der Waals surface area contributed by atoms with Crippen LogP contribution in [0.4, 0.5) is 0 Å². The Kier molecular flexibility index (Phi) is 7.38. The third-order valence-electron chi connectivity index (χ3n) is 4.33. The number of amides is 1. The van der Waals surface area contributed by atoms with Crippen LogP contribution in [-0.2, 0) is 4.79 Å². The van der Waals surface area contributed by atoms with E-state index in [0.29, 0.717) is 17.5 Å². The predicted octanol–water partition coefficient (Wildman–Crippen LogP) is 4.17. The molecule has 0 fully saturated rings. The number of pyridine rings is 1. The van der Waals surface area contributed by atoms with Gasteiger partial charge in [-0.2, -0.15) is 0 Å². The molecule has 5 heteroatoms. The van der Waals surface area contributed by atoms with Gasteiger partial charge in [-0.3, -0.25) is 9.78 Å². The van der Waals surface area contributed by atoms with Gasteiger partial charge in [-0.15, -0.1) is 0 Å². The molecule has 0 saturated heterocycles. The fourth-order valence-corrected chi connectivity index (χ4v) is 2.91. The van der Waals surface area contributed by atoms with Crippen LogP contribution in [0.15, 0.2) is 36.5 Å². The van der Waals surface area contributed by atoms with Gasteiger partial charge in [0.25, 0.3) is 5.91 Å². The van der Waals surface area contributed by atoms with E-state index in [1.54, 1.807) is 18.3 Å². The Morgan fingerprint density at radius 1 is 1.08 bits per heavy atom. The number of carboxylic acid groups (broad SMARTS) is 1. The number of unbranched alkanes of at least 4 members (excludes halogenated alkanes) is 5. The van der Waals surface area contributed by atoms with Crippen molar-refractivity contribution in [3.05, 3.63) is 42.1 Å². The minimum atomic E-state index is -0.991. The average Bonchev–Trinajstić information content (AvgIpc) is 2.62. The maximum absolute atomic E-state index is 12.5. The summed E-state index contributed by atoms with van der Waals surface area (Å²) in [5.74, 6) is -1.38. The number of carbonyl (C=O) groups is 2. The fourth-order valence-electron chi connectivity index (χ4n) is 2.91. The first kappa shape index (κ1) is 18.9. The van der Waals surface area contributed by atoms with Gasteiger partial charge in [-0.1, -0.05) is 63.6 Å². The molecule has 0 aliphatic carbocycles. The topological polar surface area (TPSA) is 79.3 Å². The molecule has 134 valence electrons. The molecule has 0 aliphatic heterocycles. The van der Waals surface area contributed by atoms with Crippen molar-refractivity contribution in [1.82, 2.24) is 10.3 Å². The lowest BCUT2D eigenvalue weighted by molar-refractivity contribution is -0.139. The molecule has 1 amide bonds. The van der Waals surface area contributed by atoms with Crippen LogP contribution in [0.2, 0.25) is 0 Å². The van der Waals surface area contributed by atoms with Crippen molar-refractivity contribution in [3.63, 3.8) is 0 Å². The number of fused-ring (bicyclic) bond motifs is 1. The summed E-state index contributed by atoms with van der Waals surface area (Å²) in [6.45, 7) is 2.16. The lowest BCUT2D eigenvalue weighted by atomic mass is 10.0. The first-order chi connectivity index (χ1) is 12.1. The molecule has 1 atom stereocenters. The SMILES string of the molecule is CCCCCCCC[C@@H](NC(=O)c1cccc2cccnc12)C(=O)O. The van der Waals surface area contributed by atoms with Crippen molar-refractivity contribution in [2.45, 2.75) is 57.9 Å². The molecule has 2 rings (SSSR count). The molecule has 2 aromatic rings. The van der Waals surface area contributed by atoms with E-state index < -0.39 is 12.0 Å². The van der Waals surface area contributed by atoms with Crippen LogP contribution in [0.3, 0.4) is 0 Å². The number of rotatable bonds is 10. The summed E-state index contributed by atoms with van der Waals surface area (Å²) in [6.07, 6.45) is 8.57. The van der Waals surface area contributed by atoms with E-state index in [1.807, 2.05) is 18.2 Å². The molecule has 0 aliphatic rings.